The molecule has 73 heavy (non-hydrogen) atoms. The average Bonchev–Trinajstić information content (AvgIpc) is 4.01. The van der Waals surface area contributed by atoms with Gasteiger partial charge in [0.1, 0.15) is 5.58 Å². The van der Waals surface area contributed by atoms with Gasteiger partial charge in [-0.2, -0.15) is 0 Å². The Hall–Kier alpha value is -8.92. The first kappa shape index (κ1) is 41.8. The van der Waals surface area contributed by atoms with Gasteiger partial charge in [0.05, 0.1) is 17.1 Å². The van der Waals surface area contributed by atoms with Gasteiger partial charge in [-0.05, 0) is 144 Å². The Balaban J connectivity index is 0.928. The summed E-state index contributed by atoms with van der Waals surface area (Å²) in [5, 5.41) is 9.79. The minimum atomic E-state index is -0.281. The number of hydrogen-bond acceptors (Lipinski definition) is 3. The van der Waals surface area contributed by atoms with Gasteiger partial charge in [0.15, 0.2) is 5.58 Å². The molecule has 0 saturated carbocycles. The molecule has 0 spiro atoms. The van der Waals surface area contributed by atoms with E-state index >= 15 is 0 Å². The van der Waals surface area contributed by atoms with Gasteiger partial charge in [-0.1, -0.05) is 191 Å². The lowest BCUT2D eigenvalue weighted by molar-refractivity contribution is 0.660. The molecule has 3 heteroatoms. The molecule has 2 aliphatic carbocycles. The standard InChI is InChI=1S/C70H50N2O/c1-69(2)57-26-14-11-23-50(57)56-41-47(34-38-58(56)69)71(61-27-15-12-22-49(61)43-18-7-5-8-19-43)48-33-37-53-59(42-48)70(3,4)60-40-45-31-35-54-62(39-32-44-30-36-55(67(53)60)66(45)65(44)54)72(46-20-9-6-10-21-46)63-28-17-25-52-51-24-13-16-29-64(51)73-68(52)63/h5-42H,1-4H3. The van der Waals surface area contributed by atoms with Crippen LogP contribution in [0.3, 0.4) is 0 Å². The zero-order valence-electron chi connectivity index (χ0n) is 41.2. The number of anilines is 6. The summed E-state index contributed by atoms with van der Waals surface area (Å²) >= 11 is 0. The fourth-order valence-corrected chi connectivity index (χ4v) is 13.1. The summed E-state index contributed by atoms with van der Waals surface area (Å²) in [4.78, 5) is 4.89. The van der Waals surface area contributed by atoms with Crippen molar-refractivity contribution in [1.82, 2.24) is 0 Å². The largest absolute Gasteiger partial charge is 0.454 e. The smallest absolute Gasteiger partial charge is 0.159 e. The van der Waals surface area contributed by atoms with Crippen LogP contribution in [-0.2, 0) is 10.8 Å². The van der Waals surface area contributed by atoms with Gasteiger partial charge in [0.2, 0.25) is 0 Å². The molecule has 2 aliphatic rings. The van der Waals surface area contributed by atoms with Crippen LogP contribution in [0.2, 0.25) is 0 Å². The van der Waals surface area contributed by atoms with Crippen molar-refractivity contribution in [1.29, 1.82) is 0 Å². The van der Waals surface area contributed by atoms with Gasteiger partial charge in [-0.15, -0.1) is 0 Å². The highest BCUT2D eigenvalue weighted by atomic mass is 16.3. The Bertz CT molecular complexity index is 4390. The third-order valence-corrected chi connectivity index (χ3v) is 16.6. The second-order valence-corrected chi connectivity index (χ2v) is 21.2. The van der Waals surface area contributed by atoms with Crippen molar-refractivity contribution in [2.75, 3.05) is 9.80 Å². The molecule has 0 bridgehead atoms. The summed E-state index contributed by atoms with van der Waals surface area (Å²) in [5.41, 5.74) is 21.1. The predicted molar refractivity (Wildman–Crippen MR) is 307 cm³/mol. The summed E-state index contributed by atoms with van der Waals surface area (Å²) in [5.74, 6) is 0. The van der Waals surface area contributed by atoms with Crippen LogP contribution in [0, 0.1) is 0 Å². The number of hydrogen-bond donors (Lipinski definition) is 0. The van der Waals surface area contributed by atoms with Crippen molar-refractivity contribution in [2.45, 2.75) is 38.5 Å². The maximum atomic E-state index is 6.73. The van der Waals surface area contributed by atoms with E-state index in [4.69, 9.17) is 4.42 Å². The van der Waals surface area contributed by atoms with Crippen LogP contribution >= 0.6 is 0 Å². The van der Waals surface area contributed by atoms with Crippen molar-refractivity contribution in [2.24, 2.45) is 0 Å². The summed E-state index contributed by atoms with van der Waals surface area (Å²) in [6.45, 7) is 9.56. The minimum Gasteiger partial charge on any atom is -0.454 e. The SMILES string of the molecule is CC1(C)c2ccccc2-c2cc(N(c3ccc4c(c3)C(C)(C)c3cc5ccc6c(N(c7ccccc7)c7cccc8c7oc7ccccc78)ccc7ccc(c3-4)c5c76)c3ccccc3-c3ccccc3)ccc21. The van der Waals surface area contributed by atoms with Gasteiger partial charge < -0.3 is 14.2 Å². The molecule has 13 aromatic rings. The number of furan rings is 1. The van der Waals surface area contributed by atoms with E-state index in [0.29, 0.717) is 0 Å². The summed E-state index contributed by atoms with van der Waals surface area (Å²) < 4.78 is 6.73. The lowest BCUT2D eigenvalue weighted by Gasteiger charge is -2.30. The average molecular weight is 935 g/mol. The van der Waals surface area contributed by atoms with Crippen LogP contribution in [0.15, 0.2) is 235 Å². The zero-order valence-corrected chi connectivity index (χ0v) is 41.2. The molecule has 1 aromatic heterocycles. The summed E-state index contributed by atoms with van der Waals surface area (Å²) in [7, 11) is 0. The topological polar surface area (TPSA) is 19.6 Å². The van der Waals surface area contributed by atoms with E-state index in [0.717, 1.165) is 56.1 Å². The Morgan fingerprint density at radius 1 is 0.329 bits per heavy atom. The highest BCUT2D eigenvalue weighted by Crippen LogP contribution is 2.57. The third kappa shape index (κ3) is 5.94. The lowest BCUT2D eigenvalue weighted by atomic mass is 9.80. The second-order valence-electron chi connectivity index (χ2n) is 21.2. The number of fused-ring (bicyclic) bond motifs is 10. The van der Waals surface area contributed by atoms with Crippen molar-refractivity contribution >= 4 is 88.4 Å². The van der Waals surface area contributed by atoms with Crippen LogP contribution in [0.25, 0.3) is 87.6 Å². The molecule has 0 N–H and O–H groups in total. The quantitative estimate of drug-likeness (QED) is 0.149. The molecule has 0 radical (unpaired) electrons. The van der Waals surface area contributed by atoms with E-state index in [1.54, 1.807) is 0 Å². The number of rotatable bonds is 7. The summed E-state index contributed by atoms with van der Waals surface area (Å²) in [6.07, 6.45) is 0. The van der Waals surface area contributed by atoms with Crippen LogP contribution in [0.1, 0.15) is 49.9 Å². The second kappa shape index (κ2) is 15.3. The Labute approximate surface area is 425 Å². The first-order valence-corrected chi connectivity index (χ1v) is 25.6. The molecule has 346 valence electrons. The van der Waals surface area contributed by atoms with Crippen molar-refractivity contribution in [3.05, 3.63) is 253 Å². The highest BCUT2D eigenvalue weighted by molar-refractivity contribution is 6.29. The van der Waals surface area contributed by atoms with Gasteiger partial charge in [0.25, 0.3) is 0 Å². The lowest BCUT2D eigenvalue weighted by Crippen LogP contribution is -2.17. The number of nitrogens with zero attached hydrogens (tertiary/aromatic N) is 2. The molecule has 0 amide bonds. The molecule has 0 atom stereocenters. The maximum Gasteiger partial charge on any atom is 0.159 e. The van der Waals surface area contributed by atoms with Crippen LogP contribution in [0.5, 0.6) is 0 Å². The molecule has 0 aliphatic heterocycles. The van der Waals surface area contributed by atoms with Gasteiger partial charge in [0, 0.05) is 49.6 Å². The van der Waals surface area contributed by atoms with Gasteiger partial charge >= 0.3 is 0 Å². The van der Waals surface area contributed by atoms with Crippen LogP contribution in [0.4, 0.5) is 34.1 Å². The van der Waals surface area contributed by atoms with E-state index in [1.165, 1.54) is 88.0 Å². The van der Waals surface area contributed by atoms with Gasteiger partial charge in [-0.3, -0.25) is 0 Å². The molecule has 0 saturated heterocycles. The first-order chi connectivity index (χ1) is 35.7. The Morgan fingerprint density at radius 3 is 1.82 bits per heavy atom. The molecule has 0 fully saturated rings. The summed E-state index contributed by atoms with van der Waals surface area (Å²) in [6, 6.07) is 85.3. The van der Waals surface area contributed by atoms with E-state index in [-0.39, 0.29) is 10.8 Å². The molecule has 0 unspecified atom stereocenters. The van der Waals surface area contributed by atoms with Crippen LogP contribution in [-0.4, -0.2) is 0 Å². The van der Waals surface area contributed by atoms with E-state index in [2.05, 4.69) is 262 Å². The number of benzene rings is 12. The molecule has 1 heterocycles. The monoisotopic (exact) mass is 934 g/mol. The normalized spacial score (nSPS) is 14.0. The minimum absolute atomic E-state index is 0.0854. The predicted octanol–water partition coefficient (Wildman–Crippen LogP) is 19.7. The highest BCUT2D eigenvalue weighted by Gasteiger charge is 2.39. The molecule has 15 rings (SSSR count). The maximum absolute atomic E-state index is 6.73. The van der Waals surface area contributed by atoms with E-state index in [9.17, 15) is 0 Å². The van der Waals surface area contributed by atoms with Gasteiger partial charge in [-0.25, -0.2) is 0 Å². The van der Waals surface area contributed by atoms with E-state index < -0.39 is 0 Å². The number of para-hydroxylation sites is 4. The van der Waals surface area contributed by atoms with Crippen molar-refractivity contribution < 1.29 is 4.42 Å². The molecule has 3 nitrogen and oxygen atoms in total. The Morgan fingerprint density at radius 2 is 0.959 bits per heavy atom. The van der Waals surface area contributed by atoms with Crippen molar-refractivity contribution in [3.8, 4) is 33.4 Å². The Kier molecular flexibility index (Phi) is 8.76. The fourth-order valence-electron chi connectivity index (χ4n) is 13.1. The first-order valence-electron chi connectivity index (χ1n) is 25.6. The van der Waals surface area contributed by atoms with Crippen molar-refractivity contribution in [3.63, 3.8) is 0 Å². The van der Waals surface area contributed by atoms with E-state index in [1.807, 2.05) is 6.07 Å². The zero-order chi connectivity index (χ0) is 48.7. The molecule has 12 aromatic carbocycles. The molecular formula is C70H50N2O. The fraction of sp³-hybridized carbons (Fsp3) is 0.0857. The van der Waals surface area contributed by atoms with Crippen LogP contribution < -0.4 is 9.80 Å². The third-order valence-electron chi connectivity index (χ3n) is 16.6. The molecular weight excluding hydrogens is 885 g/mol.